The van der Waals surface area contributed by atoms with Gasteiger partial charge in [0.15, 0.2) is 0 Å². The fourth-order valence-electron chi connectivity index (χ4n) is 1.25. The Hall–Kier alpha value is -1.60. The van der Waals surface area contributed by atoms with Crippen molar-refractivity contribution in [2.75, 3.05) is 5.75 Å². The van der Waals surface area contributed by atoms with Crippen LogP contribution in [0.2, 0.25) is 0 Å². The maximum atomic E-state index is 11.0. The highest BCUT2D eigenvalue weighted by molar-refractivity contribution is 7.80. The number of hydrogen-bond donors (Lipinski definition) is 3. The summed E-state index contributed by atoms with van der Waals surface area (Å²) in [5.74, 6) is 6.31. The summed E-state index contributed by atoms with van der Waals surface area (Å²) >= 11 is 3.99. The van der Waals surface area contributed by atoms with Crippen LogP contribution < -0.4 is 5.69 Å². The minimum atomic E-state index is -0.195. The molecule has 0 aliphatic rings. The molecule has 0 spiro atoms. The van der Waals surface area contributed by atoms with Crippen LogP contribution in [0.5, 0.6) is 0 Å². The van der Waals surface area contributed by atoms with Gasteiger partial charge in [0, 0.05) is 5.56 Å². The molecule has 2 aromatic rings. The van der Waals surface area contributed by atoms with Crippen molar-refractivity contribution in [3.8, 4) is 11.8 Å². The number of H-pyrrole nitrogens is 2. The zero-order chi connectivity index (χ0) is 9.97. The first-order chi connectivity index (χ1) is 6.79. The van der Waals surface area contributed by atoms with Crippen LogP contribution in [0.4, 0.5) is 0 Å². The fraction of sp³-hybridized carbons (Fsp3) is 0.100. The van der Waals surface area contributed by atoms with Gasteiger partial charge < -0.3 is 9.97 Å². The smallest absolute Gasteiger partial charge is 0.306 e. The van der Waals surface area contributed by atoms with Gasteiger partial charge in [-0.05, 0) is 18.2 Å². The third kappa shape index (κ3) is 1.68. The van der Waals surface area contributed by atoms with E-state index in [0.29, 0.717) is 5.75 Å². The van der Waals surface area contributed by atoms with Crippen molar-refractivity contribution in [2.45, 2.75) is 0 Å². The molecule has 0 unspecified atom stereocenters. The van der Waals surface area contributed by atoms with Gasteiger partial charge in [-0.2, -0.15) is 12.6 Å². The number of benzene rings is 1. The number of nitrogens with one attached hydrogen (secondary N) is 2. The number of imidazole rings is 1. The van der Waals surface area contributed by atoms with Gasteiger partial charge in [-0.25, -0.2) is 4.79 Å². The normalized spacial score (nSPS) is 9.79. The van der Waals surface area contributed by atoms with Gasteiger partial charge in [-0.3, -0.25) is 0 Å². The fourth-order valence-corrected chi connectivity index (χ4v) is 1.33. The number of aromatic amines is 2. The predicted molar refractivity (Wildman–Crippen MR) is 59.7 cm³/mol. The zero-order valence-corrected chi connectivity index (χ0v) is 8.19. The number of thiol groups is 1. The van der Waals surface area contributed by atoms with E-state index in [9.17, 15) is 4.79 Å². The average molecular weight is 204 g/mol. The zero-order valence-electron chi connectivity index (χ0n) is 7.29. The topological polar surface area (TPSA) is 48.6 Å². The maximum Gasteiger partial charge on any atom is 0.323 e. The minimum Gasteiger partial charge on any atom is -0.306 e. The summed E-state index contributed by atoms with van der Waals surface area (Å²) in [7, 11) is 0. The largest absolute Gasteiger partial charge is 0.323 e. The van der Waals surface area contributed by atoms with Crippen molar-refractivity contribution in [3.05, 3.63) is 34.2 Å². The van der Waals surface area contributed by atoms with Crippen molar-refractivity contribution >= 4 is 23.7 Å². The molecule has 14 heavy (non-hydrogen) atoms. The van der Waals surface area contributed by atoms with E-state index in [-0.39, 0.29) is 5.69 Å². The summed E-state index contributed by atoms with van der Waals surface area (Å²) in [4.78, 5) is 16.3. The maximum absolute atomic E-state index is 11.0. The van der Waals surface area contributed by atoms with E-state index < -0.39 is 0 Å². The quantitative estimate of drug-likeness (QED) is 0.437. The summed E-state index contributed by atoms with van der Waals surface area (Å²) < 4.78 is 0. The molecule has 1 aromatic heterocycles. The molecular weight excluding hydrogens is 196 g/mol. The highest BCUT2D eigenvalue weighted by Gasteiger charge is 1.97. The van der Waals surface area contributed by atoms with Crippen molar-refractivity contribution in [3.63, 3.8) is 0 Å². The van der Waals surface area contributed by atoms with Crippen LogP contribution in [0.25, 0.3) is 11.0 Å². The SMILES string of the molecule is O=c1[nH]c2ccc(C#CCS)cc2[nH]1. The highest BCUT2D eigenvalue weighted by Crippen LogP contribution is 2.08. The Morgan fingerprint density at radius 3 is 2.86 bits per heavy atom. The first-order valence-electron chi connectivity index (χ1n) is 4.11. The molecule has 2 N–H and O–H groups in total. The Morgan fingerprint density at radius 1 is 1.29 bits per heavy atom. The van der Waals surface area contributed by atoms with Crippen LogP contribution in [0, 0.1) is 11.8 Å². The molecular formula is C10H8N2OS. The third-order valence-electron chi connectivity index (χ3n) is 1.83. The number of hydrogen-bond acceptors (Lipinski definition) is 2. The Kier molecular flexibility index (Phi) is 2.33. The predicted octanol–water partition coefficient (Wildman–Crippen LogP) is 1.14. The second kappa shape index (κ2) is 3.64. The van der Waals surface area contributed by atoms with Gasteiger partial charge in [0.1, 0.15) is 0 Å². The van der Waals surface area contributed by atoms with Crippen molar-refractivity contribution in [2.24, 2.45) is 0 Å². The lowest BCUT2D eigenvalue weighted by Gasteiger charge is -1.90. The van der Waals surface area contributed by atoms with Crippen LogP contribution >= 0.6 is 12.6 Å². The van der Waals surface area contributed by atoms with Gasteiger partial charge >= 0.3 is 5.69 Å². The standard InChI is InChI=1S/C10H8N2OS/c13-10-11-8-4-3-7(2-1-5-14)6-9(8)12-10/h3-4,6,14H,5H2,(H2,11,12,13). The van der Waals surface area contributed by atoms with Gasteiger partial charge in [-0.15, -0.1) is 0 Å². The Balaban J connectivity index is 2.55. The molecule has 1 heterocycles. The molecule has 0 aliphatic heterocycles. The third-order valence-corrected chi connectivity index (χ3v) is 1.99. The molecule has 0 aliphatic carbocycles. The molecule has 0 saturated heterocycles. The Bertz CT molecular complexity index is 571. The molecule has 1 aromatic carbocycles. The molecule has 0 fully saturated rings. The van der Waals surface area contributed by atoms with Gasteiger partial charge in [-0.1, -0.05) is 11.8 Å². The van der Waals surface area contributed by atoms with E-state index in [1.165, 1.54) is 0 Å². The molecule has 0 saturated carbocycles. The lowest BCUT2D eigenvalue weighted by atomic mass is 10.2. The monoisotopic (exact) mass is 204 g/mol. The van der Waals surface area contributed by atoms with Crippen molar-refractivity contribution in [1.82, 2.24) is 9.97 Å². The lowest BCUT2D eigenvalue weighted by molar-refractivity contribution is 1.21. The van der Waals surface area contributed by atoms with Crippen LogP contribution in [0.3, 0.4) is 0 Å². The van der Waals surface area contributed by atoms with Gasteiger partial charge in [0.25, 0.3) is 0 Å². The van der Waals surface area contributed by atoms with E-state index in [2.05, 4.69) is 34.4 Å². The summed E-state index contributed by atoms with van der Waals surface area (Å²) in [6.07, 6.45) is 0. The second-order valence-electron chi connectivity index (χ2n) is 2.80. The molecule has 4 heteroatoms. The Morgan fingerprint density at radius 2 is 2.07 bits per heavy atom. The summed E-state index contributed by atoms with van der Waals surface area (Å²) in [5.41, 5.74) is 2.26. The van der Waals surface area contributed by atoms with Crippen LogP contribution in [0.15, 0.2) is 23.0 Å². The molecule has 2 rings (SSSR count). The highest BCUT2D eigenvalue weighted by atomic mass is 32.1. The molecule has 3 nitrogen and oxygen atoms in total. The van der Waals surface area contributed by atoms with E-state index in [1.807, 2.05) is 18.2 Å². The molecule has 0 amide bonds. The van der Waals surface area contributed by atoms with Crippen LogP contribution in [-0.4, -0.2) is 15.7 Å². The van der Waals surface area contributed by atoms with E-state index >= 15 is 0 Å². The minimum absolute atomic E-state index is 0.195. The first-order valence-corrected chi connectivity index (χ1v) is 4.74. The van der Waals surface area contributed by atoms with Crippen LogP contribution in [0.1, 0.15) is 5.56 Å². The Labute approximate surface area is 86.0 Å². The molecule has 0 radical (unpaired) electrons. The second-order valence-corrected chi connectivity index (χ2v) is 3.12. The molecule has 70 valence electrons. The van der Waals surface area contributed by atoms with Gasteiger partial charge in [0.2, 0.25) is 0 Å². The van der Waals surface area contributed by atoms with Crippen molar-refractivity contribution < 1.29 is 0 Å². The number of rotatable bonds is 0. The summed E-state index contributed by atoms with van der Waals surface area (Å²) in [6, 6.07) is 5.53. The molecule has 0 bridgehead atoms. The first kappa shape index (κ1) is 8.97. The summed E-state index contributed by atoms with van der Waals surface area (Å²) in [6.45, 7) is 0. The van der Waals surface area contributed by atoms with Crippen LogP contribution in [-0.2, 0) is 0 Å². The van der Waals surface area contributed by atoms with E-state index in [0.717, 1.165) is 16.6 Å². The lowest BCUT2D eigenvalue weighted by Crippen LogP contribution is -1.99. The van der Waals surface area contributed by atoms with E-state index in [4.69, 9.17) is 0 Å². The average Bonchev–Trinajstić information content (AvgIpc) is 2.54. The van der Waals surface area contributed by atoms with Crippen molar-refractivity contribution in [1.29, 1.82) is 0 Å². The number of aromatic nitrogens is 2. The summed E-state index contributed by atoms with van der Waals surface area (Å²) in [5, 5.41) is 0. The van der Waals surface area contributed by atoms with Gasteiger partial charge in [0.05, 0.1) is 16.8 Å². The van der Waals surface area contributed by atoms with E-state index in [1.54, 1.807) is 0 Å². The number of fused-ring (bicyclic) bond motifs is 1. The molecule has 0 atom stereocenters.